The fourth-order valence-corrected chi connectivity index (χ4v) is 4.61. The molecular formula is C20H16N2OS2. The second kappa shape index (κ2) is 6.43. The Bertz CT molecular complexity index is 1160. The Balaban J connectivity index is 1.92. The van der Waals surface area contributed by atoms with Gasteiger partial charge in [-0.05, 0) is 42.4 Å². The van der Waals surface area contributed by atoms with Crippen molar-refractivity contribution in [2.45, 2.75) is 13.3 Å². The SMILES string of the molecule is Cc1c(Cc2ccccc2)sc2[nH]c(=S)n(-c3ccccc3)c(=O)c12. The third-order valence-corrected chi connectivity index (χ3v) is 5.80. The van der Waals surface area contributed by atoms with E-state index in [9.17, 15) is 4.79 Å². The molecule has 1 N–H and O–H groups in total. The van der Waals surface area contributed by atoms with Crippen molar-refractivity contribution in [1.29, 1.82) is 0 Å². The van der Waals surface area contributed by atoms with E-state index < -0.39 is 0 Å². The Hall–Kier alpha value is -2.50. The Morgan fingerprint density at radius 2 is 1.68 bits per heavy atom. The maximum absolute atomic E-state index is 13.1. The molecule has 2 heterocycles. The van der Waals surface area contributed by atoms with Crippen molar-refractivity contribution < 1.29 is 0 Å². The molecule has 0 bridgehead atoms. The van der Waals surface area contributed by atoms with Gasteiger partial charge in [0, 0.05) is 11.3 Å². The molecule has 0 aliphatic heterocycles. The molecule has 0 fully saturated rings. The van der Waals surface area contributed by atoms with E-state index in [2.05, 4.69) is 17.1 Å². The smallest absolute Gasteiger partial charge is 0.267 e. The van der Waals surface area contributed by atoms with Gasteiger partial charge in [0.1, 0.15) is 4.83 Å². The molecule has 0 atom stereocenters. The zero-order valence-corrected chi connectivity index (χ0v) is 15.3. The van der Waals surface area contributed by atoms with Crippen LogP contribution in [0.5, 0.6) is 0 Å². The highest BCUT2D eigenvalue weighted by atomic mass is 32.1. The predicted octanol–water partition coefficient (Wildman–Crippen LogP) is 5.01. The first-order chi connectivity index (χ1) is 12.1. The van der Waals surface area contributed by atoms with Crippen molar-refractivity contribution in [3.63, 3.8) is 0 Å². The monoisotopic (exact) mass is 364 g/mol. The first-order valence-corrected chi connectivity index (χ1v) is 9.24. The largest absolute Gasteiger partial charge is 0.323 e. The number of para-hydroxylation sites is 1. The van der Waals surface area contributed by atoms with Gasteiger partial charge >= 0.3 is 0 Å². The topological polar surface area (TPSA) is 37.8 Å². The molecule has 2 aromatic heterocycles. The molecule has 4 rings (SSSR count). The summed E-state index contributed by atoms with van der Waals surface area (Å²) < 4.78 is 2.00. The first-order valence-electron chi connectivity index (χ1n) is 8.02. The number of H-pyrrole nitrogens is 1. The lowest BCUT2D eigenvalue weighted by atomic mass is 10.1. The number of fused-ring (bicyclic) bond motifs is 1. The predicted molar refractivity (Wildman–Crippen MR) is 107 cm³/mol. The van der Waals surface area contributed by atoms with Crippen molar-refractivity contribution in [2.24, 2.45) is 0 Å². The van der Waals surface area contributed by atoms with Crippen LogP contribution in [0.15, 0.2) is 65.5 Å². The number of hydrogen-bond acceptors (Lipinski definition) is 3. The highest BCUT2D eigenvalue weighted by Crippen LogP contribution is 2.29. The lowest BCUT2D eigenvalue weighted by molar-refractivity contribution is 0.942. The molecule has 0 spiro atoms. The highest BCUT2D eigenvalue weighted by Gasteiger charge is 2.16. The number of benzene rings is 2. The maximum atomic E-state index is 13.1. The van der Waals surface area contributed by atoms with Gasteiger partial charge in [-0.2, -0.15) is 0 Å². The van der Waals surface area contributed by atoms with E-state index in [0.29, 0.717) is 4.77 Å². The van der Waals surface area contributed by atoms with Crippen molar-refractivity contribution in [3.8, 4) is 5.69 Å². The molecule has 0 saturated heterocycles. The second-order valence-electron chi connectivity index (χ2n) is 5.92. The minimum atomic E-state index is -0.0574. The van der Waals surface area contributed by atoms with Gasteiger partial charge in [0.15, 0.2) is 4.77 Å². The summed E-state index contributed by atoms with van der Waals surface area (Å²) in [6.07, 6.45) is 0.817. The lowest BCUT2D eigenvalue weighted by Crippen LogP contribution is -2.20. The summed E-state index contributed by atoms with van der Waals surface area (Å²) in [4.78, 5) is 18.4. The van der Waals surface area contributed by atoms with Gasteiger partial charge in [-0.15, -0.1) is 11.3 Å². The standard InChI is InChI=1S/C20H16N2OS2/c1-13-16(12-14-8-4-2-5-9-14)25-18-17(13)19(23)22(20(24)21-18)15-10-6-3-7-11-15/h2-11H,12H2,1H3,(H,21,24). The van der Waals surface area contributed by atoms with E-state index in [4.69, 9.17) is 12.2 Å². The summed E-state index contributed by atoms with van der Waals surface area (Å²) in [5.41, 5.74) is 2.99. The molecule has 3 nitrogen and oxygen atoms in total. The summed E-state index contributed by atoms with van der Waals surface area (Å²) >= 11 is 7.06. The van der Waals surface area contributed by atoms with Gasteiger partial charge < -0.3 is 4.98 Å². The summed E-state index contributed by atoms with van der Waals surface area (Å²) in [7, 11) is 0. The van der Waals surface area contributed by atoms with E-state index in [1.807, 2.05) is 55.5 Å². The Morgan fingerprint density at radius 1 is 1.04 bits per heavy atom. The number of hydrogen-bond donors (Lipinski definition) is 1. The van der Waals surface area contributed by atoms with Crippen LogP contribution in [0.3, 0.4) is 0 Å². The number of aryl methyl sites for hydroxylation is 1. The van der Waals surface area contributed by atoms with Gasteiger partial charge in [-0.3, -0.25) is 9.36 Å². The summed E-state index contributed by atoms with van der Waals surface area (Å²) in [5, 5.41) is 0.730. The van der Waals surface area contributed by atoms with Gasteiger partial charge in [-0.25, -0.2) is 0 Å². The molecule has 5 heteroatoms. The molecule has 2 aromatic carbocycles. The van der Waals surface area contributed by atoms with Crippen molar-refractivity contribution >= 4 is 33.8 Å². The minimum Gasteiger partial charge on any atom is -0.323 e. The van der Waals surface area contributed by atoms with Gasteiger partial charge in [-0.1, -0.05) is 48.5 Å². The average molecular weight is 364 g/mol. The Morgan fingerprint density at radius 3 is 2.36 bits per heavy atom. The molecule has 0 radical (unpaired) electrons. The van der Waals surface area contributed by atoms with Crippen LogP contribution >= 0.6 is 23.6 Å². The van der Waals surface area contributed by atoms with Crippen molar-refractivity contribution in [1.82, 2.24) is 9.55 Å². The van der Waals surface area contributed by atoms with Crippen molar-refractivity contribution in [3.05, 3.63) is 91.8 Å². The lowest BCUT2D eigenvalue weighted by Gasteiger charge is -2.06. The zero-order chi connectivity index (χ0) is 17.4. The van der Waals surface area contributed by atoms with Crippen LogP contribution in [0.1, 0.15) is 16.0 Å². The van der Waals surface area contributed by atoms with Crippen molar-refractivity contribution in [2.75, 3.05) is 0 Å². The van der Waals surface area contributed by atoms with E-state index >= 15 is 0 Å². The molecule has 0 amide bonds. The number of aromatic nitrogens is 2. The van der Waals surface area contributed by atoms with Crippen LogP contribution in [0, 0.1) is 11.7 Å². The Labute approximate surface area is 154 Å². The van der Waals surface area contributed by atoms with E-state index in [1.165, 1.54) is 10.4 Å². The molecule has 0 unspecified atom stereocenters. The summed E-state index contributed by atoms with van der Waals surface area (Å²) in [6, 6.07) is 19.8. The fraction of sp³-hybridized carbons (Fsp3) is 0.100. The van der Waals surface area contributed by atoms with Gasteiger partial charge in [0.05, 0.1) is 11.1 Å². The molecule has 4 aromatic rings. The molecule has 0 aliphatic rings. The molecule has 124 valence electrons. The highest BCUT2D eigenvalue weighted by molar-refractivity contribution is 7.71. The number of rotatable bonds is 3. The van der Waals surface area contributed by atoms with E-state index in [-0.39, 0.29) is 5.56 Å². The van der Waals surface area contributed by atoms with Crippen LogP contribution < -0.4 is 5.56 Å². The normalized spacial score (nSPS) is 11.1. The Kier molecular flexibility index (Phi) is 4.11. The van der Waals surface area contributed by atoms with Gasteiger partial charge in [0.2, 0.25) is 0 Å². The summed E-state index contributed by atoms with van der Waals surface area (Å²) in [6.45, 7) is 2.02. The van der Waals surface area contributed by atoms with Crippen LogP contribution in [-0.2, 0) is 6.42 Å². The van der Waals surface area contributed by atoms with Gasteiger partial charge in [0.25, 0.3) is 5.56 Å². The van der Waals surface area contributed by atoms with Crippen LogP contribution in [0.4, 0.5) is 0 Å². The van der Waals surface area contributed by atoms with Crippen LogP contribution in [0.25, 0.3) is 15.9 Å². The van der Waals surface area contributed by atoms with E-state index in [0.717, 1.165) is 27.9 Å². The van der Waals surface area contributed by atoms with Crippen LogP contribution in [0.2, 0.25) is 0 Å². The molecular weight excluding hydrogens is 348 g/mol. The summed E-state index contributed by atoms with van der Waals surface area (Å²) in [5.74, 6) is 0. The van der Waals surface area contributed by atoms with Crippen LogP contribution in [-0.4, -0.2) is 9.55 Å². The fourth-order valence-electron chi connectivity index (χ4n) is 3.02. The minimum absolute atomic E-state index is 0.0574. The number of nitrogens with one attached hydrogen (secondary N) is 1. The quantitative estimate of drug-likeness (QED) is 0.519. The third-order valence-electron chi connectivity index (χ3n) is 4.31. The molecule has 0 aliphatic carbocycles. The number of nitrogens with zero attached hydrogens (tertiary/aromatic N) is 1. The zero-order valence-electron chi connectivity index (χ0n) is 13.7. The maximum Gasteiger partial charge on any atom is 0.267 e. The first kappa shape index (κ1) is 16.0. The third kappa shape index (κ3) is 2.86. The number of thiophene rings is 1. The molecule has 25 heavy (non-hydrogen) atoms. The van der Waals surface area contributed by atoms with E-state index in [1.54, 1.807) is 15.9 Å². The average Bonchev–Trinajstić information content (AvgIpc) is 2.92. The number of aromatic amines is 1. The molecule has 0 saturated carbocycles. The second-order valence-corrected chi connectivity index (χ2v) is 7.41.